The van der Waals surface area contributed by atoms with Crippen molar-refractivity contribution in [3.05, 3.63) is 66.1 Å². The Labute approximate surface area is 128 Å². The molecule has 0 aliphatic heterocycles. The molecule has 1 heterocycles. The number of hydrogen-bond acceptors (Lipinski definition) is 2. The molecule has 3 rings (SSSR count). The number of rotatable bonds is 4. The molecule has 0 saturated carbocycles. The Morgan fingerprint density at radius 2 is 1.82 bits per heavy atom. The van der Waals surface area contributed by atoms with Crippen LogP contribution in [-0.4, -0.2) is 13.0 Å². The van der Waals surface area contributed by atoms with E-state index in [9.17, 15) is 12.8 Å². The van der Waals surface area contributed by atoms with Crippen LogP contribution in [0.5, 0.6) is 0 Å². The highest BCUT2D eigenvalue weighted by Gasteiger charge is 2.12. The zero-order valence-corrected chi connectivity index (χ0v) is 12.8. The Morgan fingerprint density at radius 1 is 1.09 bits per heavy atom. The van der Waals surface area contributed by atoms with Crippen LogP contribution >= 0.6 is 0 Å². The highest BCUT2D eigenvalue weighted by molar-refractivity contribution is 7.91. The zero-order valence-electron chi connectivity index (χ0n) is 12.0. The van der Waals surface area contributed by atoms with Gasteiger partial charge in [-0.25, -0.2) is 12.8 Å². The molecule has 4 nitrogen and oxygen atoms in total. The minimum Gasteiger partial charge on any atom is -0.351 e. The van der Waals surface area contributed by atoms with Crippen LogP contribution in [0.15, 0.2) is 54.7 Å². The van der Waals surface area contributed by atoms with E-state index in [0.29, 0.717) is 11.3 Å². The molecular formula is C16H15FN2O2S. The Hall–Kier alpha value is -2.34. The number of nitrogens with one attached hydrogen (secondary N) is 1. The van der Waals surface area contributed by atoms with E-state index in [1.165, 1.54) is 24.3 Å². The third kappa shape index (κ3) is 3.12. The van der Waals surface area contributed by atoms with Gasteiger partial charge < -0.3 is 4.57 Å². The first-order chi connectivity index (χ1) is 10.4. The van der Waals surface area contributed by atoms with Crippen molar-refractivity contribution < 1.29 is 12.8 Å². The summed E-state index contributed by atoms with van der Waals surface area (Å²) in [4.78, 5) is 0. The van der Waals surface area contributed by atoms with E-state index in [1.54, 1.807) is 12.1 Å². The SMILES string of the molecule is Cn1ccc2cc(NS(=O)(=O)Cc3ccc(F)cc3)ccc21. The van der Waals surface area contributed by atoms with Crippen LogP contribution in [0.1, 0.15) is 5.56 Å². The quantitative estimate of drug-likeness (QED) is 0.803. The Balaban J connectivity index is 1.81. The second-order valence-corrected chi connectivity index (χ2v) is 6.91. The lowest BCUT2D eigenvalue weighted by molar-refractivity contribution is 0.600. The van der Waals surface area contributed by atoms with Crippen LogP contribution in [0, 0.1) is 5.82 Å². The second-order valence-electron chi connectivity index (χ2n) is 5.19. The Bertz CT molecular complexity index is 915. The summed E-state index contributed by atoms with van der Waals surface area (Å²) in [7, 11) is -1.61. The van der Waals surface area contributed by atoms with E-state index in [1.807, 2.05) is 29.9 Å². The Kier molecular flexibility index (Phi) is 3.62. The summed E-state index contributed by atoms with van der Waals surface area (Å²) in [6, 6.07) is 12.7. The van der Waals surface area contributed by atoms with Crippen LogP contribution in [0.4, 0.5) is 10.1 Å². The van der Waals surface area contributed by atoms with Crippen molar-refractivity contribution in [1.29, 1.82) is 0 Å². The van der Waals surface area contributed by atoms with Gasteiger partial charge in [0.25, 0.3) is 0 Å². The molecule has 2 aromatic carbocycles. The summed E-state index contributed by atoms with van der Waals surface area (Å²) < 4.78 is 41.7. The van der Waals surface area contributed by atoms with Crippen molar-refractivity contribution in [3.8, 4) is 0 Å². The summed E-state index contributed by atoms with van der Waals surface area (Å²) in [6.45, 7) is 0. The average Bonchev–Trinajstić information content (AvgIpc) is 2.82. The molecule has 6 heteroatoms. The minimum absolute atomic E-state index is 0.194. The first-order valence-corrected chi connectivity index (χ1v) is 8.38. The molecule has 3 aromatic rings. The molecule has 114 valence electrons. The lowest BCUT2D eigenvalue weighted by Gasteiger charge is -2.08. The van der Waals surface area contributed by atoms with Gasteiger partial charge in [-0.1, -0.05) is 12.1 Å². The molecule has 0 saturated heterocycles. The largest absolute Gasteiger partial charge is 0.351 e. The van der Waals surface area contributed by atoms with Gasteiger partial charge in [0.05, 0.1) is 5.75 Å². The van der Waals surface area contributed by atoms with Gasteiger partial charge in [-0.05, 0) is 42.0 Å². The molecule has 0 fully saturated rings. The van der Waals surface area contributed by atoms with E-state index < -0.39 is 10.0 Å². The van der Waals surface area contributed by atoms with E-state index in [0.717, 1.165) is 10.9 Å². The van der Waals surface area contributed by atoms with Gasteiger partial charge in [0.2, 0.25) is 10.0 Å². The van der Waals surface area contributed by atoms with Gasteiger partial charge in [-0.2, -0.15) is 0 Å². The zero-order chi connectivity index (χ0) is 15.7. The highest BCUT2D eigenvalue weighted by atomic mass is 32.2. The number of sulfonamides is 1. The van der Waals surface area contributed by atoms with Crippen LogP contribution in [0.25, 0.3) is 10.9 Å². The van der Waals surface area contributed by atoms with Crippen LogP contribution < -0.4 is 4.72 Å². The number of aromatic nitrogens is 1. The number of nitrogens with zero attached hydrogens (tertiary/aromatic N) is 1. The van der Waals surface area contributed by atoms with Crippen LogP contribution in [0.2, 0.25) is 0 Å². The number of hydrogen-bond donors (Lipinski definition) is 1. The summed E-state index contributed by atoms with van der Waals surface area (Å²) >= 11 is 0. The molecule has 1 aromatic heterocycles. The first kappa shape index (κ1) is 14.6. The van der Waals surface area contributed by atoms with Gasteiger partial charge in [-0.15, -0.1) is 0 Å². The number of halogens is 1. The van der Waals surface area contributed by atoms with Crippen molar-refractivity contribution >= 4 is 26.6 Å². The molecule has 22 heavy (non-hydrogen) atoms. The number of benzene rings is 2. The standard InChI is InChI=1S/C16H15FN2O2S/c1-19-9-8-13-10-15(6-7-16(13)19)18-22(20,21)11-12-2-4-14(17)5-3-12/h2-10,18H,11H2,1H3. The monoisotopic (exact) mass is 318 g/mol. The summed E-state index contributed by atoms with van der Waals surface area (Å²) in [5, 5.41) is 0.962. The van der Waals surface area contributed by atoms with Crippen molar-refractivity contribution in [2.24, 2.45) is 7.05 Å². The lowest BCUT2D eigenvalue weighted by Crippen LogP contribution is -2.15. The van der Waals surface area contributed by atoms with Gasteiger partial charge in [0, 0.05) is 29.8 Å². The van der Waals surface area contributed by atoms with Gasteiger partial charge in [0.15, 0.2) is 0 Å². The third-order valence-electron chi connectivity index (χ3n) is 3.43. The Morgan fingerprint density at radius 3 is 2.55 bits per heavy atom. The fourth-order valence-corrected chi connectivity index (χ4v) is 3.55. The first-order valence-electron chi connectivity index (χ1n) is 6.73. The van der Waals surface area contributed by atoms with Gasteiger partial charge >= 0.3 is 0 Å². The average molecular weight is 318 g/mol. The fraction of sp³-hybridized carbons (Fsp3) is 0.125. The minimum atomic E-state index is -3.54. The third-order valence-corrected chi connectivity index (χ3v) is 4.69. The fourth-order valence-electron chi connectivity index (χ4n) is 2.36. The topological polar surface area (TPSA) is 51.1 Å². The van der Waals surface area contributed by atoms with Crippen molar-refractivity contribution in [1.82, 2.24) is 4.57 Å². The molecule has 0 bridgehead atoms. The van der Waals surface area contributed by atoms with E-state index in [4.69, 9.17) is 0 Å². The van der Waals surface area contributed by atoms with E-state index >= 15 is 0 Å². The van der Waals surface area contributed by atoms with Crippen LogP contribution in [-0.2, 0) is 22.8 Å². The predicted molar refractivity (Wildman–Crippen MR) is 85.6 cm³/mol. The maximum Gasteiger partial charge on any atom is 0.236 e. The second kappa shape index (κ2) is 5.46. The van der Waals surface area contributed by atoms with Crippen molar-refractivity contribution in [3.63, 3.8) is 0 Å². The molecule has 0 aliphatic rings. The highest BCUT2D eigenvalue weighted by Crippen LogP contribution is 2.21. The number of anilines is 1. The predicted octanol–water partition coefficient (Wildman–Crippen LogP) is 3.26. The maximum absolute atomic E-state index is 12.8. The molecule has 1 N–H and O–H groups in total. The molecule has 0 amide bonds. The van der Waals surface area contributed by atoms with Gasteiger partial charge in [0.1, 0.15) is 5.82 Å². The maximum atomic E-state index is 12.8. The summed E-state index contributed by atoms with van der Waals surface area (Å²) in [5.41, 5.74) is 2.08. The summed E-state index contributed by atoms with van der Waals surface area (Å²) in [5.74, 6) is -0.580. The molecule has 0 unspecified atom stereocenters. The normalized spacial score (nSPS) is 11.7. The van der Waals surface area contributed by atoms with Crippen molar-refractivity contribution in [2.75, 3.05) is 4.72 Å². The molecule has 0 aliphatic carbocycles. The van der Waals surface area contributed by atoms with E-state index in [2.05, 4.69) is 4.72 Å². The molecule has 0 spiro atoms. The smallest absolute Gasteiger partial charge is 0.236 e. The van der Waals surface area contributed by atoms with Crippen molar-refractivity contribution in [2.45, 2.75) is 5.75 Å². The molecule has 0 radical (unpaired) electrons. The molecular weight excluding hydrogens is 303 g/mol. The summed E-state index contributed by atoms with van der Waals surface area (Å²) in [6.07, 6.45) is 1.92. The lowest BCUT2D eigenvalue weighted by atomic mass is 10.2. The van der Waals surface area contributed by atoms with Gasteiger partial charge in [-0.3, -0.25) is 4.72 Å². The number of aryl methyl sites for hydroxylation is 1. The molecule has 0 atom stereocenters. The van der Waals surface area contributed by atoms with E-state index in [-0.39, 0.29) is 11.6 Å². The van der Waals surface area contributed by atoms with Crippen LogP contribution in [0.3, 0.4) is 0 Å². The number of fused-ring (bicyclic) bond motifs is 1.